The first-order valence-electron chi connectivity index (χ1n) is 5.03. The molecule has 0 aliphatic carbocycles. The number of hydrogen-bond donors (Lipinski definition) is 2. The minimum Gasteiger partial charge on any atom is -0.387 e. The molecule has 0 bridgehead atoms. The van der Waals surface area contributed by atoms with Crippen LogP contribution in [0.15, 0.2) is 24.3 Å². The molecule has 1 unspecified atom stereocenters. The van der Waals surface area contributed by atoms with Crippen molar-refractivity contribution < 1.29 is 17.9 Å². The highest BCUT2D eigenvalue weighted by Gasteiger charge is 2.42. The van der Waals surface area contributed by atoms with E-state index in [0.29, 0.717) is 10.6 Å². The van der Waals surface area contributed by atoms with Gasteiger partial charge < -0.3 is 10.5 Å². The van der Waals surface area contributed by atoms with Crippen LogP contribution in [0.3, 0.4) is 0 Å². The normalized spacial score (nSPS) is 13.3. The molecule has 0 aromatic heterocycles. The molecule has 0 heterocycles. The minimum absolute atomic E-state index is 0.0135. The largest absolute Gasteiger partial charge is 0.400 e. The summed E-state index contributed by atoms with van der Waals surface area (Å²) in [5.74, 6) is -3.02. The third kappa shape index (κ3) is 4.54. The number of ether oxygens (including phenoxy) is 1. The molecule has 100 valence electrons. The van der Waals surface area contributed by atoms with Gasteiger partial charge in [0.1, 0.15) is 11.8 Å². The zero-order valence-corrected chi connectivity index (χ0v) is 10.1. The fraction of sp³-hybridized carbons (Fsp3) is 0.364. The van der Waals surface area contributed by atoms with Crippen molar-refractivity contribution in [1.29, 1.82) is 5.41 Å². The number of hydrogen-bond acceptors (Lipinski definition) is 2. The van der Waals surface area contributed by atoms with Gasteiger partial charge in [-0.15, -0.1) is 0 Å². The molecule has 0 aliphatic heterocycles. The summed E-state index contributed by atoms with van der Waals surface area (Å²) < 4.78 is 42.2. The summed E-state index contributed by atoms with van der Waals surface area (Å²) in [7, 11) is 0. The highest BCUT2D eigenvalue weighted by molar-refractivity contribution is 6.30. The Kier molecular flexibility index (Phi) is 4.98. The fourth-order valence-electron chi connectivity index (χ4n) is 1.28. The van der Waals surface area contributed by atoms with Crippen LogP contribution in [-0.2, 0) is 11.3 Å². The third-order valence-electron chi connectivity index (χ3n) is 2.21. The van der Waals surface area contributed by atoms with Crippen molar-refractivity contribution in [3.05, 3.63) is 34.9 Å². The van der Waals surface area contributed by atoms with Gasteiger partial charge in [0.15, 0.2) is 0 Å². The molecular formula is C11H12ClF3N2O. The molecule has 1 atom stereocenters. The molecule has 3 nitrogen and oxygen atoms in total. The monoisotopic (exact) mass is 280 g/mol. The van der Waals surface area contributed by atoms with Crippen LogP contribution in [-0.4, -0.2) is 18.6 Å². The van der Waals surface area contributed by atoms with Crippen molar-refractivity contribution >= 4 is 17.4 Å². The number of rotatable bonds is 5. The molecule has 0 saturated carbocycles. The van der Waals surface area contributed by atoms with E-state index in [1.807, 2.05) is 0 Å². The quantitative estimate of drug-likeness (QED) is 0.643. The van der Waals surface area contributed by atoms with Crippen LogP contribution >= 0.6 is 11.6 Å². The Hall–Kier alpha value is -1.27. The molecule has 0 radical (unpaired) electrons. The highest BCUT2D eigenvalue weighted by atomic mass is 35.5. The molecular weight excluding hydrogens is 269 g/mol. The molecule has 3 N–H and O–H groups in total. The summed E-state index contributed by atoms with van der Waals surface area (Å²) in [6, 6.07) is 6.60. The second kappa shape index (κ2) is 6.06. The summed E-state index contributed by atoms with van der Waals surface area (Å²) in [5.41, 5.74) is 5.55. The zero-order chi connectivity index (χ0) is 13.8. The number of alkyl halides is 3. The SMILES string of the molecule is N=C(N)C(COCc1cccc(Cl)c1)C(F)(F)F. The Morgan fingerprint density at radius 2 is 2.11 bits per heavy atom. The van der Waals surface area contributed by atoms with Crippen LogP contribution in [0.4, 0.5) is 13.2 Å². The standard InChI is InChI=1S/C11H12ClF3N2O/c12-8-3-1-2-7(4-8)5-18-6-9(10(16)17)11(13,14)15/h1-4,9H,5-6H2,(H3,16,17). The molecule has 0 aliphatic rings. The Morgan fingerprint density at radius 3 is 2.61 bits per heavy atom. The lowest BCUT2D eigenvalue weighted by Gasteiger charge is -2.18. The lowest BCUT2D eigenvalue weighted by atomic mass is 10.1. The van der Waals surface area contributed by atoms with Crippen LogP contribution in [0, 0.1) is 11.3 Å². The summed E-state index contributed by atoms with van der Waals surface area (Å²) in [6.45, 7) is -0.689. The summed E-state index contributed by atoms with van der Waals surface area (Å²) >= 11 is 5.72. The first-order valence-corrected chi connectivity index (χ1v) is 5.41. The second-order valence-electron chi connectivity index (χ2n) is 3.69. The predicted octanol–water partition coefficient (Wildman–Crippen LogP) is 2.97. The number of nitrogens with two attached hydrogens (primary N) is 1. The Morgan fingerprint density at radius 1 is 1.44 bits per heavy atom. The van der Waals surface area contributed by atoms with Gasteiger partial charge >= 0.3 is 6.18 Å². The van der Waals surface area contributed by atoms with Gasteiger partial charge in [0.2, 0.25) is 0 Å². The van der Waals surface area contributed by atoms with Gasteiger partial charge in [-0.25, -0.2) is 0 Å². The van der Waals surface area contributed by atoms with Gasteiger partial charge in [0.25, 0.3) is 0 Å². The number of nitrogens with one attached hydrogen (secondary N) is 1. The maximum absolute atomic E-state index is 12.4. The van der Waals surface area contributed by atoms with E-state index in [1.54, 1.807) is 24.3 Å². The van der Waals surface area contributed by atoms with E-state index >= 15 is 0 Å². The smallest absolute Gasteiger partial charge is 0.387 e. The van der Waals surface area contributed by atoms with Gasteiger partial charge in [0.05, 0.1) is 13.2 Å². The van der Waals surface area contributed by atoms with Gasteiger partial charge in [-0.05, 0) is 17.7 Å². The maximum Gasteiger partial charge on any atom is 0.400 e. The average Bonchev–Trinajstić information content (AvgIpc) is 2.22. The fourth-order valence-corrected chi connectivity index (χ4v) is 1.49. The molecule has 7 heteroatoms. The Balaban J connectivity index is 2.52. The number of amidine groups is 1. The Bertz CT molecular complexity index is 423. The molecule has 1 aromatic rings. The van der Waals surface area contributed by atoms with Crippen molar-refractivity contribution in [3.8, 4) is 0 Å². The lowest BCUT2D eigenvalue weighted by Crippen LogP contribution is -2.38. The first kappa shape index (κ1) is 14.8. The molecule has 0 spiro atoms. The number of halogens is 4. The average molecular weight is 281 g/mol. The van der Waals surface area contributed by atoms with Crippen LogP contribution in [0.5, 0.6) is 0 Å². The summed E-state index contributed by atoms with van der Waals surface area (Å²) in [5, 5.41) is 7.36. The number of benzene rings is 1. The third-order valence-corrected chi connectivity index (χ3v) is 2.45. The van der Waals surface area contributed by atoms with Crippen LogP contribution in [0.25, 0.3) is 0 Å². The molecule has 0 saturated heterocycles. The topological polar surface area (TPSA) is 59.1 Å². The molecule has 0 fully saturated rings. The van der Waals surface area contributed by atoms with E-state index in [1.165, 1.54) is 0 Å². The van der Waals surface area contributed by atoms with Crippen LogP contribution in [0.1, 0.15) is 5.56 Å². The van der Waals surface area contributed by atoms with Crippen LogP contribution in [0.2, 0.25) is 5.02 Å². The van der Waals surface area contributed by atoms with E-state index in [4.69, 9.17) is 27.5 Å². The van der Waals surface area contributed by atoms with E-state index < -0.39 is 24.5 Å². The van der Waals surface area contributed by atoms with E-state index in [-0.39, 0.29) is 6.61 Å². The van der Waals surface area contributed by atoms with Crippen molar-refractivity contribution in [3.63, 3.8) is 0 Å². The first-order chi connectivity index (χ1) is 8.30. The van der Waals surface area contributed by atoms with Crippen molar-refractivity contribution in [1.82, 2.24) is 0 Å². The second-order valence-corrected chi connectivity index (χ2v) is 4.13. The van der Waals surface area contributed by atoms with Crippen molar-refractivity contribution in [2.45, 2.75) is 12.8 Å². The molecule has 0 amide bonds. The summed E-state index contributed by atoms with van der Waals surface area (Å²) in [6.07, 6.45) is -4.57. The van der Waals surface area contributed by atoms with Gasteiger partial charge in [-0.2, -0.15) is 13.2 Å². The molecule has 18 heavy (non-hydrogen) atoms. The van der Waals surface area contributed by atoms with Crippen molar-refractivity contribution in [2.75, 3.05) is 6.61 Å². The molecule has 1 rings (SSSR count). The predicted molar refractivity (Wildman–Crippen MR) is 62.6 cm³/mol. The van der Waals surface area contributed by atoms with Gasteiger partial charge in [-0.1, -0.05) is 23.7 Å². The molecule has 1 aromatic carbocycles. The highest BCUT2D eigenvalue weighted by Crippen LogP contribution is 2.26. The van der Waals surface area contributed by atoms with E-state index in [2.05, 4.69) is 0 Å². The van der Waals surface area contributed by atoms with E-state index in [9.17, 15) is 13.2 Å². The van der Waals surface area contributed by atoms with Gasteiger partial charge in [-0.3, -0.25) is 5.41 Å². The van der Waals surface area contributed by atoms with Gasteiger partial charge in [0, 0.05) is 5.02 Å². The summed E-state index contributed by atoms with van der Waals surface area (Å²) in [4.78, 5) is 0. The zero-order valence-electron chi connectivity index (χ0n) is 9.30. The van der Waals surface area contributed by atoms with Crippen LogP contribution < -0.4 is 5.73 Å². The Labute approximate surface area is 107 Å². The lowest BCUT2D eigenvalue weighted by molar-refractivity contribution is -0.169. The maximum atomic E-state index is 12.4. The minimum atomic E-state index is -4.57. The van der Waals surface area contributed by atoms with Crippen molar-refractivity contribution in [2.24, 2.45) is 11.7 Å². The van der Waals surface area contributed by atoms with E-state index in [0.717, 1.165) is 0 Å².